The summed E-state index contributed by atoms with van der Waals surface area (Å²) < 4.78 is 7.33. The molecule has 0 bridgehead atoms. The normalized spacial score (nSPS) is 16.5. The summed E-state index contributed by atoms with van der Waals surface area (Å²) in [7, 11) is 5.44. The van der Waals surface area contributed by atoms with Crippen molar-refractivity contribution >= 4 is 47.2 Å². The van der Waals surface area contributed by atoms with Crippen LogP contribution in [-0.4, -0.2) is 55.6 Å². The Morgan fingerprint density at radius 2 is 2.24 bits per heavy atom. The standard InChI is InChI=1S/C20H29ClN6O.HI/c1-22-20(23-9-4-5-15-12-24-26(2)13-15)25-17-8-10-27(14-17)18-11-16(21)6-7-19(18)28-3;/h6-7,11-13,17H,4-5,8-10,14H2,1-3H3,(H2,22,23,25);1H. The molecule has 1 aliphatic rings. The molecule has 2 aromatic rings. The highest BCUT2D eigenvalue weighted by Gasteiger charge is 2.25. The number of aromatic nitrogens is 2. The lowest BCUT2D eigenvalue weighted by molar-refractivity contribution is 0.415. The van der Waals surface area contributed by atoms with Crippen molar-refractivity contribution in [2.45, 2.75) is 25.3 Å². The molecule has 7 nitrogen and oxygen atoms in total. The van der Waals surface area contributed by atoms with Crippen molar-refractivity contribution in [3.05, 3.63) is 41.2 Å². The van der Waals surface area contributed by atoms with Gasteiger partial charge in [0.2, 0.25) is 0 Å². The lowest BCUT2D eigenvalue weighted by atomic mass is 10.2. The number of halogens is 2. The van der Waals surface area contributed by atoms with Crippen LogP contribution in [0.4, 0.5) is 5.69 Å². The Balaban J connectivity index is 0.00000300. The number of nitrogens with zero attached hydrogens (tertiary/aromatic N) is 4. The van der Waals surface area contributed by atoms with Crippen molar-refractivity contribution < 1.29 is 4.74 Å². The molecule has 160 valence electrons. The van der Waals surface area contributed by atoms with E-state index < -0.39 is 0 Å². The van der Waals surface area contributed by atoms with Crippen LogP contribution in [0.1, 0.15) is 18.4 Å². The van der Waals surface area contributed by atoms with Gasteiger partial charge in [0, 0.05) is 51.0 Å². The van der Waals surface area contributed by atoms with Gasteiger partial charge in [-0.05, 0) is 43.0 Å². The van der Waals surface area contributed by atoms with Crippen molar-refractivity contribution in [3.63, 3.8) is 0 Å². The second-order valence-corrected chi connectivity index (χ2v) is 7.45. The fourth-order valence-electron chi connectivity index (χ4n) is 3.50. The third kappa shape index (κ3) is 6.67. The summed E-state index contributed by atoms with van der Waals surface area (Å²) in [5, 5.41) is 11.9. The molecule has 1 saturated heterocycles. The van der Waals surface area contributed by atoms with Gasteiger partial charge in [-0.2, -0.15) is 5.10 Å². The van der Waals surface area contributed by atoms with Gasteiger partial charge in [0.1, 0.15) is 5.75 Å². The molecule has 1 atom stereocenters. The number of aliphatic imine (C=N–C) groups is 1. The molecule has 1 aromatic heterocycles. The highest BCUT2D eigenvalue weighted by atomic mass is 127. The van der Waals surface area contributed by atoms with Crippen molar-refractivity contribution in [3.8, 4) is 5.75 Å². The molecular weight excluding hydrogens is 503 g/mol. The fraction of sp³-hybridized carbons (Fsp3) is 0.500. The van der Waals surface area contributed by atoms with Gasteiger partial charge in [-0.3, -0.25) is 9.67 Å². The first kappa shape index (κ1) is 23.6. The van der Waals surface area contributed by atoms with E-state index in [2.05, 4.69) is 31.8 Å². The van der Waals surface area contributed by atoms with Crippen LogP contribution in [0.5, 0.6) is 5.75 Å². The molecule has 0 spiro atoms. The number of anilines is 1. The highest BCUT2D eigenvalue weighted by molar-refractivity contribution is 14.0. The SMILES string of the molecule is CN=C(NCCCc1cnn(C)c1)NC1CCN(c2cc(Cl)ccc2OC)C1.I. The monoisotopic (exact) mass is 532 g/mol. The maximum absolute atomic E-state index is 6.18. The van der Waals surface area contributed by atoms with E-state index in [1.165, 1.54) is 5.56 Å². The summed E-state index contributed by atoms with van der Waals surface area (Å²) in [4.78, 5) is 6.66. The molecule has 3 rings (SSSR count). The predicted octanol–water partition coefficient (Wildman–Crippen LogP) is 3.08. The van der Waals surface area contributed by atoms with Gasteiger partial charge in [-0.1, -0.05) is 11.6 Å². The summed E-state index contributed by atoms with van der Waals surface area (Å²) >= 11 is 6.18. The number of methoxy groups -OCH3 is 1. The highest BCUT2D eigenvalue weighted by Crippen LogP contribution is 2.33. The Labute approximate surface area is 194 Å². The van der Waals surface area contributed by atoms with E-state index >= 15 is 0 Å². The third-order valence-corrected chi connectivity index (χ3v) is 5.16. The summed E-state index contributed by atoms with van der Waals surface area (Å²) in [5.74, 6) is 1.69. The number of hydrogen-bond acceptors (Lipinski definition) is 4. The van der Waals surface area contributed by atoms with Gasteiger partial charge in [0.25, 0.3) is 0 Å². The minimum atomic E-state index is 0. The lowest BCUT2D eigenvalue weighted by Crippen LogP contribution is -2.44. The number of benzene rings is 1. The molecular formula is C20H30ClIN6O. The van der Waals surface area contributed by atoms with E-state index in [-0.39, 0.29) is 24.0 Å². The molecule has 29 heavy (non-hydrogen) atoms. The maximum atomic E-state index is 6.18. The molecule has 2 heterocycles. The number of ether oxygens (including phenoxy) is 1. The summed E-state index contributed by atoms with van der Waals surface area (Å²) in [6, 6.07) is 6.07. The van der Waals surface area contributed by atoms with Gasteiger partial charge >= 0.3 is 0 Å². The van der Waals surface area contributed by atoms with Crippen LogP contribution >= 0.6 is 35.6 Å². The predicted molar refractivity (Wildman–Crippen MR) is 130 cm³/mol. The number of nitrogens with one attached hydrogen (secondary N) is 2. The van der Waals surface area contributed by atoms with Crippen molar-refractivity contribution in [2.24, 2.45) is 12.0 Å². The Morgan fingerprint density at radius 3 is 2.93 bits per heavy atom. The zero-order valence-corrected chi connectivity index (χ0v) is 20.3. The van der Waals surface area contributed by atoms with Gasteiger partial charge in [-0.25, -0.2) is 0 Å². The van der Waals surface area contributed by atoms with Crippen LogP contribution in [0.3, 0.4) is 0 Å². The second-order valence-electron chi connectivity index (χ2n) is 7.02. The van der Waals surface area contributed by atoms with Crippen molar-refractivity contribution in [1.29, 1.82) is 0 Å². The molecule has 2 N–H and O–H groups in total. The van der Waals surface area contributed by atoms with E-state index in [4.69, 9.17) is 16.3 Å². The second kappa shape index (κ2) is 11.5. The fourth-order valence-corrected chi connectivity index (χ4v) is 3.66. The van der Waals surface area contributed by atoms with Crippen LogP contribution in [-0.2, 0) is 13.5 Å². The zero-order chi connectivity index (χ0) is 19.9. The first-order valence-electron chi connectivity index (χ1n) is 9.62. The third-order valence-electron chi connectivity index (χ3n) is 4.93. The van der Waals surface area contributed by atoms with Crippen molar-refractivity contribution in [1.82, 2.24) is 20.4 Å². The molecule has 1 aromatic carbocycles. The van der Waals surface area contributed by atoms with Crippen molar-refractivity contribution in [2.75, 3.05) is 38.7 Å². The molecule has 0 aliphatic carbocycles. The number of aryl methyl sites for hydroxylation is 2. The topological polar surface area (TPSA) is 66.7 Å². The quantitative estimate of drug-likeness (QED) is 0.248. The van der Waals surface area contributed by atoms with Crippen LogP contribution < -0.4 is 20.3 Å². The Bertz CT molecular complexity index is 812. The molecule has 9 heteroatoms. The van der Waals surface area contributed by atoms with E-state index in [1.54, 1.807) is 7.11 Å². The minimum absolute atomic E-state index is 0. The van der Waals surface area contributed by atoms with E-state index in [1.807, 2.05) is 43.2 Å². The number of guanidine groups is 1. The smallest absolute Gasteiger partial charge is 0.191 e. The van der Waals surface area contributed by atoms with Crippen LogP contribution in [0.25, 0.3) is 0 Å². The average molecular weight is 533 g/mol. The van der Waals surface area contributed by atoms with Crippen LogP contribution in [0.15, 0.2) is 35.6 Å². The van der Waals surface area contributed by atoms with E-state index in [0.29, 0.717) is 6.04 Å². The Hall–Kier alpha value is -1.68. The van der Waals surface area contributed by atoms with E-state index in [9.17, 15) is 0 Å². The molecule has 1 fully saturated rings. The number of rotatable bonds is 7. The Morgan fingerprint density at radius 1 is 1.41 bits per heavy atom. The Kier molecular flexibility index (Phi) is 9.35. The van der Waals surface area contributed by atoms with Crippen LogP contribution in [0, 0.1) is 0 Å². The van der Waals surface area contributed by atoms with Crippen LogP contribution in [0.2, 0.25) is 5.02 Å². The number of hydrogen-bond donors (Lipinski definition) is 2. The van der Waals surface area contributed by atoms with Gasteiger partial charge in [0.15, 0.2) is 5.96 Å². The summed E-state index contributed by atoms with van der Waals surface area (Å²) in [6.07, 6.45) is 7.05. The van der Waals surface area contributed by atoms with E-state index in [0.717, 1.165) is 61.3 Å². The van der Waals surface area contributed by atoms with Gasteiger partial charge < -0.3 is 20.3 Å². The van der Waals surface area contributed by atoms with Gasteiger partial charge in [-0.15, -0.1) is 24.0 Å². The maximum Gasteiger partial charge on any atom is 0.191 e. The minimum Gasteiger partial charge on any atom is -0.495 e. The summed E-state index contributed by atoms with van der Waals surface area (Å²) in [6.45, 7) is 2.70. The average Bonchev–Trinajstić information content (AvgIpc) is 3.33. The molecule has 1 unspecified atom stereocenters. The lowest BCUT2D eigenvalue weighted by Gasteiger charge is -2.22. The van der Waals surface area contributed by atoms with Gasteiger partial charge in [0.05, 0.1) is 19.0 Å². The largest absolute Gasteiger partial charge is 0.495 e. The first-order valence-corrected chi connectivity index (χ1v) is 10.00. The molecule has 0 saturated carbocycles. The summed E-state index contributed by atoms with van der Waals surface area (Å²) in [5.41, 5.74) is 2.30. The molecule has 0 amide bonds. The molecule has 1 aliphatic heterocycles. The zero-order valence-electron chi connectivity index (χ0n) is 17.2. The first-order chi connectivity index (χ1) is 13.6. The molecule has 0 radical (unpaired) electrons.